The van der Waals surface area contributed by atoms with E-state index in [-0.39, 0.29) is 17.6 Å². The molecule has 0 fully saturated rings. The van der Waals surface area contributed by atoms with Crippen molar-refractivity contribution in [1.82, 2.24) is 0 Å². The number of hydrogen-bond acceptors (Lipinski definition) is 3. The summed E-state index contributed by atoms with van der Waals surface area (Å²) >= 11 is 7.31. The van der Waals surface area contributed by atoms with Gasteiger partial charge in [0.2, 0.25) is 0 Å². The topological polar surface area (TPSA) is 35.2 Å². The van der Waals surface area contributed by atoms with E-state index in [4.69, 9.17) is 22.1 Å². The smallest absolute Gasteiger partial charge is 0.165 e. The Morgan fingerprint density at radius 2 is 2.17 bits per heavy atom. The Labute approximate surface area is 114 Å². The van der Waals surface area contributed by atoms with Gasteiger partial charge in [0.15, 0.2) is 11.6 Å². The second-order valence-corrected chi connectivity index (χ2v) is 5.67. The van der Waals surface area contributed by atoms with Crippen LogP contribution in [0.1, 0.15) is 16.5 Å². The van der Waals surface area contributed by atoms with Gasteiger partial charge >= 0.3 is 0 Å². The third-order valence-corrected chi connectivity index (χ3v) is 3.99. The quantitative estimate of drug-likeness (QED) is 0.927. The van der Waals surface area contributed by atoms with Crippen LogP contribution in [-0.2, 0) is 6.42 Å². The normalized spacial score (nSPS) is 12.4. The van der Waals surface area contributed by atoms with Crippen LogP contribution in [0.25, 0.3) is 0 Å². The molecule has 2 rings (SSSR count). The average molecular weight is 286 g/mol. The molecule has 0 aliphatic carbocycles. The van der Waals surface area contributed by atoms with Crippen molar-refractivity contribution in [2.75, 3.05) is 7.11 Å². The Morgan fingerprint density at radius 3 is 2.72 bits per heavy atom. The Bertz CT molecular complexity index is 544. The van der Waals surface area contributed by atoms with Gasteiger partial charge < -0.3 is 10.5 Å². The van der Waals surface area contributed by atoms with E-state index < -0.39 is 0 Å². The van der Waals surface area contributed by atoms with E-state index in [1.807, 2.05) is 18.2 Å². The first-order valence-corrected chi connectivity index (χ1v) is 6.63. The molecule has 1 heterocycles. The Balaban J connectivity index is 2.12. The number of benzene rings is 1. The molecule has 2 N–H and O–H groups in total. The molecular weight excluding hydrogens is 273 g/mol. The van der Waals surface area contributed by atoms with Crippen LogP contribution in [0.3, 0.4) is 0 Å². The van der Waals surface area contributed by atoms with Crippen LogP contribution in [0.5, 0.6) is 5.75 Å². The number of nitrogens with two attached hydrogens (primary N) is 1. The molecule has 2 nitrogen and oxygen atoms in total. The highest BCUT2D eigenvalue weighted by Crippen LogP contribution is 2.28. The van der Waals surface area contributed by atoms with Crippen molar-refractivity contribution < 1.29 is 9.13 Å². The highest BCUT2D eigenvalue weighted by atomic mass is 35.5. The first kappa shape index (κ1) is 13.3. The van der Waals surface area contributed by atoms with Crippen molar-refractivity contribution in [2.45, 2.75) is 12.5 Å². The molecule has 96 valence electrons. The average Bonchev–Trinajstić information content (AvgIpc) is 2.76. The third kappa shape index (κ3) is 3.02. The minimum atomic E-state index is -0.369. The highest BCUT2D eigenvalue weighted by molar-refractivity contribution is 7.16. The van der Waals surface area contributed by atoms with Gasteiger partial charge in [0.1, 0.15) is 0 Å². The molecule has 0 amide bonds. The Hall–Kier alpha value is -1.10. The summed E-state index contributed by atoms with van der Waals surface area (Å²) in [6, 6.07) is 8.42. The Kier molecular flexibility index (Phi) is 4.22. The molecule has 0 spiro atoms. The van der Waals surface area contributed by atoms with E-state index in [1.165, 1.54) is 24.5 Å². The molecule has 1 unspecified atom stereocenters. The largest absolute Gasteiger partial charge is 0.494 e. The molecule has 1 aromatic carbocycles. The van der Waals surface area contributed by atoms with Crippen molar-refractivity contribution in [2.24, 2.45) is 5.73 Å². The lowest BCUT2D eigenvalue weighted by Gasteiger charge is -2.10. The zero-order valence-corrected chi connectivity index (χ0v) is 11.4. The van der Waals surface area contributed by atoms with Crippen molar-refractivity contribution in [1.29, 1.82) is 0 Å². The van der Waals surface area contributed by atoms with E-state index in [0.717, 1.165) is 10.4 Å². The molecule has 0 radical (unpaired) electrons. The van der Waals surface area contributed by atoms with Gasteiger partial charge in [0, 0.05) is 10.9 Å². The second-order valence-electron chi connectivity index (χ2n) is 3.92. The van der Waals surface area contributed by atoms with E-state index in [0.29, 0.717) is 10.8 Å². The lowest BCUT2D eigenvalue weighted by atomic mass is 10.1. The van der Waals surface area contributed by atoms with Gasteiger partial charge in [0.25, 0.3) is 0 Å². The van der Waals surface area contributed by atoms with Crippen LogP contribution in [0.15, 0.2) is 30.3 Å². The predicted molar refractivity (Wildman–Crippen MR) is 72.9 cm³/mol. The van der Waals surface area contributed by atoms with Gasteiger partial charge in [-0.3, -0.25) is 0 Å². The predicted octanol–water partition coefficient (Wildman–Crippen LogP) is 3.79. The van der Waals surface area contributed by atoms with Crippen LogP contribution in [-0.4, -0.2) is 7.11 Å². The fraction of sp³-hybridized carbons (Fsp3) is 0.231. The SMILES string of the molecule is COc1ccc(CC(N)c2ccc(Cl)s2)cc1F. The molecule has 18 heavy (non-hydrogen) atoms. The standard InChI is InChI=1S/C13H13ClFNOS/c1-17-11-3-2-8(6-9(11)15)7-10(16)12-4-5-13(14)18-12/h2-6,10H,7,16H2,1H3. The van der Waals surface area contributed by atoms with E-state index >= 15 is 0 Å². The third-order valence-electron chi connectivity index (χ3n) is 2.63. The number of hydrogen-bond donors (Lipinski definition) is 1. The number of ether oxygens (including phenoxy) is 1. The van der Waals surface area contributed by atoms with Crippen LogP contribution in [0, 0.1) is 5.82 Å². The lowest BCUT2D eigenvalue weighted by Crippen LogP contribution is -2.11. The fourth-order valence-electron chi connectivity index (χ4n) is 1.72. The van der Waals surface area contributed by atoms with Crippen LogP contribution in [0.4, 0.5) is 4.39 Å². The summed E-state index contributed by atoms with van der Waals surface area (Å²) in [4.78, 5) is 0.997. The van der Waals surface area contributed by atoms with Crippen molar-refractivity contribution in [3.8, 4) is 5.75 Å². The maximum absolute atomic E-state index is 13.5. The summed E-state index contributed by atoms with van der Waals surface area (Å²) < 4.78 is 19.1. The highest BCUT2D eigenvalue weighted by Gasteiger charge is 2.11. The summed E-state index contributed by atoms with van der Waals surface area (Å²) in [5.41, 5.74) is 6.90. The summed E-state index contributed by atoms with van der Waals surface area (Å²) in [5, 5.41) is 0. The van der Waals surface area contributed by atoms with Crippen molar-refractivity contribution in [3.63, 3.8) is 0 Å². The van der Waals surface area contributed by atoms with E-state index in [1.54, 1.807) is 6.07 Å². The molecule has 1 aromatic heterocycles. The molecule has 0 saturated heterocycles. The van der Waals surface area contributed by atoms with Gasteiger partial charge in [-0.1, -0.05) is 17.7 Å². The summed E-state index contributed by atoms with van der Waals surface area (Å²) in [6.07, 6.45) is 0.567. The maximum Gasteiger partial charge on any atom is 0.165 e. The molecule has 1 atom stereocenters. The van der Waals surface area contributed by atoms with Crippen molar-refractivity contribution >= 4 is 22.9 Å². The minimum Gasteiger partial charge on any atom is -0.494 e. The zero-order chi connectivity index (χ0) is 13.1. The minimum absolute atomic E-state index is 0.171. The van der Waals surface area contributed by atoms with Gasteiger partial charge in [-0.15, -0.1) is 11.3 Å². The van der Waals surface area contributed by atoms with Gasteiger partial charge in [0.05, 0.1) is 11.4 Å². The van der Waals surface area contributed by atoms with E-state index in [2.05, 4.69) is 0 Å². The molecule has 0 aliphatic heterocycles. The molecule has 5 heteroatoms. The fourth-order valence-corrected chi connectivity index (χ4v) is 2.78. The van der Waals surface area contributed by atoms with Gasteiger partial charge in [-0.2, -0.15) is 0 Å². The molecule has 2 aromatic rings. The monoisotopic (exact) mass is 285 g/mol. The van der Waals surface area contributed by atoms with Gasteiger partial charge in [-0.25, -0.2) is 4.39 Å². The summed E-state index contributed by atoms with van der Waals surface area (Å²) in [6.45, 7) is 0. The molecule has 0 saturated carbocycles. The first-order chi connectivity index (χ1) is 8.60. The molecular formula is C13H13ClFNOS. The number of methoxy groups -OCH3 is 1. The molecule has 0 bridgehead atoms. The number of thiophene rings is 1. The zero-order valence-electron chi connectivity index (χ0n) is 9.82. The summed E-state index contributed by atoms with van der Waals surface area (Å²) in [7, 11) is 1.44. The van der Waals surface area contributed by atoms with Crippen LogP contribution in [0.2, 0.25) is 4.34 Å². The Morgan fingerprint density at radius 1 is 1.39 bits per heavy atom. The molecule has 0 aliphatic rings. The van der Waals surface area contributed by atoms with Crippen LogP contribution < -0.4 is 10.5 Å². The number of halogens is 2. The maximum atomic E-state index is 13.5. The van der Waals surface area contributed by atoms with Crippen LogP contribution >= 0.6 is 22.9 Å². The first-order valence-electron chi connectivity index (χ1n) is 5.43. The lowest BCUT2D eigenvalue weighted by molar-refractivity contribution is 0.386. The van der Waals surface area contributed by atoms with Gasteiger partial charge in [-0.05, 0) is 36.2 Å². The van der Waals surface area contributed by atoms with E-state index in [9.17, 15) is 4.39 Å². The second kappa shape index (κ2) is 5.69. The summed E-state index contributed by atoms with van der Waals surface area (Å²) in [5.74, 6) is -0.127. The van der Waals surface area contributed by atoms with Crippen molar-refractivity contribution in [3.05, 3.63) is 50.9 Å². The number of rotatable bonds is 4.